The van der Waals surface area contributed by atoms with Gasteiger partial charge in [-0.25, -0.2) is 17.6 Å². The molecule has 364 valence electrons. The number of benzene rings is 4. The molecule has 4 aromatic carbocycles. The molecule has 4 aliphatic rings. The molecule has 8 rings (SSSR count). The summed E-state index contributed by atoms with van der Waals surface area (Å²) in [6.07, 6.45) is 4.96. The summed E-state index contributed by atoms with van der Waals surface area (Å²) in [6, 6.07) is 27.0. The van der Waals surface area contributed by atoms with Crippen LogP contribution < -0.4 is 20.1 Å². The van der Waals surface area contributed by atoms with Gasteiger partial charge in [0.15, 0.2) is 23.1 Å². The maximum atomic E-state index is 14.0. The SMILES string of the molecule is CCC(=O)c1cc(C(=O)CCCC[C@@H]2CCNCC2(F)F)cc2c1O[C@H](C)[C@H]2c1ccccc1.CCC(=O)c1cc(C(=O)CCCC[C@H]2CCNCC2(F)F)cc2c1O[C@H](C)[C@H]2c1ccccc1. The van der Waals surface area contributed by atoms with E-state index in [1.807, 2.05) is 86.6 Å². The largest absolute Gasteiger partial charge is 0.489 e. The van der Waals surface area contributed by atoms with E-state index in [2.05, 4.69) is 10.6 Å². The number of ketones is 4. The first-order chi connectivity index (χ1) is 32.6. The fraction of sp³-hybridized carbons (Fsp3) is 0.500. The maximum Gasteiger partial charge on any atom is 0.263 e. The number of unbranched alkanes of at least 4 members (excludes halogenated alkanes) is 2. The number of carbonyl (C=O) groups excluding carboxylic acids is 4. The summed E-state index contributed by atoms with van der Waals surface area (Å²) >= 11 is 0. The molecule has 0 spiro atoms. The molecule has 0 bridgehead atoms. The van der Waals surface area contributed by atoms with E-state index in [1.165, 1.54) is 0 Å². The van der Waals surface area contributed by atoms with Crippen LogP contribution in [0.1, 0.15) is 180 Å². The lowest BCUT2D eigenvalue weighted by atomic mass is 9.85. The maximum absolute atomic E-state index is 14.0. The Morgan fingerprint density at radius 1 is 0.559 bits per heavy atom. The van der Waals surface area contributed by atoms with Gasteiger partial charge in [-0.1, -0.05) is 87.4 Å². The lowest BCUT2D eigenvalue weighted by molar-refractivity contribution is -0.0769. The fourth-order valence-electron chi connectivity index (χ4n) is 10.5. The van der Waals surface area contributed by atoms with Crippen LogP contribution in [0.25, 0.3) is 0 Å². The molecule has 0 amide bonds. The quantitative estimate of drug-likeness (QED) is 0.0577. The third kappa shape index (κ3) is 11.6. The highest BCUT2D eigenvalue weighted by Crippen LogP contribution is 2.47. The first-order valence-corrected chi connectivity index (χ1v) is 24.7. The van der Waals surface area contributed by atoms with Gasteiger partial charge in [0.1, 0.15) is 23.7 Å². The number of halogens is 4. The van der Waals surface area contributed by atoms with Crippen molar-refractivity contribution in [3.63, 3.8) is 0 Å². The number of hydrogen-bond acceptors (Lipinski definition) is 8. The van der Waals surface area contributed by atoms with Crippen molar-refractivity contribution in [3.8, 4) is 11.5 Å². The first kappa shape index (κ1) is 50.7. The third-order valence-electron chi connectivity index (χ3n) is 14.3. The molecule has 4 aromatic rings. The number of nitrogens with one attached hydrogen (secondary N) is 2. The van der Waals surface area contributed by atoms with Gasteiger partial charge in [0, 0.05) is 71.6 Å². The molecule has 0 saturated carbocycles. The second-order valence-electron chi connectivity index (χ2n) is 19.0. The number of Topliss-reactive ketones (excluding diaryl/α,β-unsaturated/α-hetero) is 4. The molecule has 2 N–H and O–H groups in total. The van der Waals surface area contributed by atoms with Crippen LogP contribution in [-0.4, -0.2) is 73.4 Å². The van der Waals surface area contributed by atoms with Crippen LogP contribution in [0.5, 0.6) is 11.5 Å². The lowest BCUT2D eigenvalue weighted by Crippen LogP contribution is -2.45. The molecule has 8 nitrogen and oxygen atoms in total. The van der Waals surface area contributed by atoms with Gasteiger partial charge in [-0.2, -0.15) is 0 Å². The Morgan fingerprint density at radius 3 is 1.29 bits per heavy atom. The van der Waals surface area contributed by atoms with Gasteiger partial charge >= 0.3 is 0 Å². The van der Waals surface area contributed by atoms with Gasteiger partial charge in [0.25, 0.3) is 11.8 Å². The molecular weight excluding hydrogens is 873 g/mol. The Balaban J connectivity index is 0.000000201. The number of piperidine rings is 2. The Labute approximate surface area is 398 Å². The van der Waals surface area contributed by atoms with Gasteiger partial charge in [0.05, 0.1) is 24.2 Å². The molecule has 2 fully saturated rings. The molecular formula is C56H66F4N2O6. The van der Waals surface area contributed by atoms with Gasteiger partial charge in [-0.05, 0) is 101 Å². The lowest BCUT2D eigenvalue weighted by Gasteiger charge is -2.31. The summed E-state index contributed by atoms with van der Waals surface area (Å²) in [7, 11) is 0. The van der Waals surface area contributed by atoms with E-state index in [0.717, 1.165) is 22.3 Å². The van der Waals surface area contributed by atoms with Gasteiger partial charge in [0.2, 0.25) is 0 Å². The Kier molecular flexibility index (Phi) is 16.8. The van der Waals surface area contributed by atoms with E-state index in [9.17, 15) is 36.7 Å². The minimum Gasteiger partial charge on any atom is -0.489 e. The highest BCUT2D eigenvalue weighted by atomic mass is 19.3. The summed E-state index contributed by atoms with van der Waals surface area (Å²) < 4.78 is 68.4. The van der Waals surface area contributed by atoms with E-state index in [1.54, 1.807) is 26.0 Å². The van der Waals surface area contributed by atoms with Crippen LogP contribution in [0.4, 0.5) is 17.6 Å². The highest BCUT2D eigenvalue weighted by molar-refractivity contribution is 6.05. The third-order valence-corrected chi connectivity index (χ3v) is 14.3. The van der Waals surface area contributed by atoms with Crippen molar-refractivity contribution in [2.75, 3.05) is 26.2 Å². The zero-order valence-electron chi connectivity index (χ0n) is 39.8. The summed E-state index contributed by atoms with van der Waals surface area (Å²) in [5.41, 5.74) is 5.83. The van der Waals surface area contributed by atoms with Gasteiger partial charge in [-0.15, -0.1) is 0 Å². The molecule has 0 unspecified atom stereocenters. The van der Waals surface area contributed by atoms with E-state index in [-0.39, 0.29) is 73.1 Å². The second kappa shape index (κ2) is 22.5. The summed E-state index contributed by atoms with van der Waals surface area (Å²) in [6.45, 7) is 8.27. The zero-order valence-corrected chi connectivity index (χ0v) is 39.8. The zero-order chi connectivity index (χ0) is 48.6. The molecule has 12 heteroatoms. The number of rotatable bonds is 18. The van der Waals surface area contributed by atoms with Gasteiger partial charge < -0.3 is 20.1 Å². The Morgan fingerprint density at radius 2 is 0.941 bits per heavy atom. The number of fused-ring (bicyclic) bond motifs is 2. The topological polar surface area (TPSA) is 111 Å². The minimum atomic E-state index is -2.68. The normalized spacial score (nSPS) is 23.2. The molecule has 6 atom stereocenters. The first-order valence-electron chi connectivity index (χ1n) is 24.7. The van der Waals surface area contributed by atoms with Crippen molar-refractivity contribution in [1.82, 2.24) is 10.6 Å². The van der Waals surface area contributed by atoms with Gasteiger partial charge in [-0.3, -0.25) is 19.2 Å². The molecule has 2 saturated heterocycles. The average molecular weight is 939 g/mol. The molecule has 4 aliphatic heterocycles. The monoisotopic (exact) mass is 938 g/mol. The van der Waals surface area contributed by atoms with Crippen LogP contribution in [0.2, 0.25) is 0 Å². The number of carbonyl (C=O) groups is 4. The van der Waals surface area contributed by atoms with Crippen LogP contribution in [-0.2, 0) is 0 Å². The predicted molar refractivity (Wildman–Crippen MR) is 256 cm³/mol. The van der Waals surface area contributed by atoms with Crippen molar-refractivity contribution < 1.29 is 46.2 Å². The molecule has 0 aromatic heterocycles. The van der Waals surface area contributed by atoms with Crippen molar-refractivity contribution in [2.24, 2.45) is 11.8 Å². The Bertz CT molecular complexity index is 2240. The molecule has 0 aliphatic carbocycles. The van der Waals surface area contributed by atoms with E-state index in [4.69, 9.17) is 9.47 Å². The number of hydrogen-bond donors (Lipinski definition) is 2. The highest BCUT2D eigenvalue weighted by Gasteiger charge is 2.42. The minimum absolute atomic E-state index is 0.0556. The summed E-state index contributed by atoms with van der Waals surface area (Å²) in [5, 5.41) is 5.50. The van der Waals surface area contributed by atoms with Crippen molar-refractivity contribution >= 4 is 23.1 Å². The average Bonchev–Trinajstić information content (AvgIpc) is 3.86. The van der Waals surface area contributed by atoms with Crippen LogP contribution in [0.3, 0.4) is 0 Å². The summed E-state index contributed by atoms with van der Waals surface area (Å²) in [5.74, 6) is -5.79. The standard InChI is InChI=1S/2C28H33F2NO3/c2*1-3-24(32)22-15-20(25(33)12-8-7-11-21-13-14-31-17-28(21,29)30)16-23-26(18(2)34-27(22)23)19-9-5-4-6-10-19/h2*4-6,9-10,15-16,18,21,26,31H,3,7-8,11-14,17H2,1-2H3/t18-,21+,26+;18-,21-,26+/m11/s1. The van der Waals surface area contributed by atoms with Crippen molar-refractivity contribution in [2.45, 2.75) is 141 Å². The van der Waals surface area contributed by atoms with E-state index in [0.29, 0.717) is 111 Å². The Hall–Kier alpha value is -5.20. The number of ether oxygens (including phenoxy) is 2. The smallest absolute Gasteiger partial charge is 0.263 e. The molecule has 68 heavy (non-hydrogen) atoms. The number of alkyl halides is 4. The van der Waals surface area contributed by atoms with E-state index >= 15 is 0 Å². The van der Waals surface area contributed by atoms with Crippen LogP contribution in [0, 0.1) is 11.8 Å². The van der Waals surface area contributed by atoms with Crippen molar-refractivity contribution in [3.05, 3.63) is 129 Å². The van der Waals surface area contributed by atoms with Crippen molar-refractivity contribution in [1.29, 1.82) is 0 Å². The molecule has 4 heterocycles. The second-order valence-corrected chi connectivity index (χ2v) is 19.0. The predicted octanol–water partition coefficient (Wildman–Crippen LogP) is 12.4. The fourth-order valence-corrected chi connectivity index (χ4v) is 10.5. The summed E-state index contributed by atoms with van der Waals surface area (Å²) in [4.78, 5) is 51.7. The van der Waals surface area contributed by atoms with Crippen LogP contribution in [0.15, 0.2) is 84.9 Å². The van der Waals surface area contributed by atoms with Crippen LogP contribution >= 0.6 is 0 Å². The van der Waals surface area contributed by atoms with E-state index < -0.39 is 23.7 Å². The molecule has 0 radical (unpaired) electrons.